The Morgan fingerprint density at radius 1 is 1.33 bits per heavy atom. The van der Waals surface area contributed by atoms with Gasteiger partial charge in [-0.2, -0.15) is 0 Å². The fourth-order valence-electron chi connectivity index (χ4n) is 1.39. The molecule has 0 radical (unpaired) electrons. The Bertz CT molecular complexity index is 329. The number of allylic oxidation sites excluding steroid dienone is 1. The van der Waals surface area contributed by atoms with Crippen molar-refractivity contribution in [3.63, 3.8) is 0 Å². The minimum atomic E-state index is 0.506. The Hall–Kier alpha value is -0.0800. The summed E-state index contributed by atoms with van der Waals surface area (Å²) in [4.78, 5) is 0.506. The lowest BCUT2D eigenvalue weighted by atomic mass is 9.98. The maximum atomic E-state index is 3.58. The van der Waals surface area contributed by atoms with Crippen molar-refractivity contribution < 1.29 is 0 Å². The monoisotopic (exact) mass is 286 g/mol. The van der Waals surface area contributed by atoms with Gasteiger partial charge in [0, 0.05) is 9.30 Å². The van der Waals surface area contributed by atoms with E-state index in [1.807, 2.05) is 0 Å². The molecule has 0 saturated heterocycles. The molecule has 0 aromatic heterocycles. The molecule has 1 aromatic carbocycles. The first-order chi connectivity index (χ1) is 5.75. The van der Waals surface area contributed by atoms with Crippen molar-refractivity contribution in [2.24, 2.45) is 0 Å². The number of benzene rings is 1. The number of rotatable bonds is 0. The van der Waals surface area contributed by atoms with Crippen LogP contribution in [0.5, 0.6) is 0 Å². The molecule has 0 heterocycles. The van der Waals surface area contributed by atoms with E-state index < -0.39 is 0 Å². The zero-order valence-corrected chi connectivity index (χ0v) is 9.60. The molecule has 2 rings (SSSR count). The summed E-state index contributed by atoms with van der Waals surface area (Å²) in [6.45, 7) is 0. The molecule has 1 unspecified atom stereocenters. The van der Waals surface area contributed by atoms with Gasteiger partial charge in [0.05, 0.1) is 0 Å². The van der Waals surface area contributed by atoms with Crippen molar-refractivity contribution in [1.82, 2.24) is 0 Å². The van der Waals surface area contributed by atoms with Gasteiger partial charge in [0.1, 0.15) is 0 Å². The predicted molar refractivity (Wildman–Crippen MR) is 59.6 cm³/mol. The van der Waals surface area contributed by atoms with Gasteiger partial charge >= 0.3 is 0 Å². The van der Waals surface area contributed by atoms with Crippen LogP contribution in [-0.4, -0.2) is 4.83 Å². The molecule has 62 valence electrons. The van der Waals surface area contributed by atoms with Crippen LogP contribution in [0.1, 0.15) is 11.1 Å². The van der Waals surface area contributed by atoms with E-state index in [-0.39, 0.29) is 0 Å². The highest BCUT2D eigenvalue weighted by atomic mass is 79.9. The van der Waals surface area contributed by atoms with Crippen LogP contribution in [0.25, 0.3) is 6.08 Å². The first-order valence-corrected chi connectivity index (χ1v) is 5.57. The Labute approximate surface area is 88.9 Å². The second kappa shape index (κ2) is 3.35. The molecule has 0 bridgehead atoms. The standard InChI is InChI=1S/C10H8Br2/c11-9-3-1-7-5-10(12)4-2-8(7)6-9/h1-5,9H,6H2. The average molecular weight is 288 g/mol. The number of hydrogen-bond donors (Lipinski definition) is 0. The Morgan fingerprint density at radius 2 is 2.17 bits per heavy atom. The van der Waals surface area contributed by atoms with E-state index in [0.717, 1.165) is 10.9 Å². The number of hydrogen-bond acceptors (Lipinski definition) is 0. The highest BCUT2D eigenvalue weighted by molar-refractivity contribution is 9.10. The minimum Gasteiger partial charge on any atom is -0.0842 e. The van der Waals surface area contributed by atoms with E-state index in [4.69, 9.17) is 0 Å². The van der Waals surface area contributed by atoms with Gasteiger partial charge in [-0.25, -0.2) is 0 Å². The van der Waals surface area contributed by atoms with Crippen molar-refractivity contribution in [2.45, 2.75) is 11.2 Å². The van der Waals surface area contributed by atoms with Gasteiger partial charge in [0.15, 0.2) is 0 Å². The zero-order valence-electron chi connectivity index (χ0n) is 6.43. The van der Waals surface area contributed by atoms with Crippen LogP contribution >= 0.6 is 31.9 Å². The first kappa shape index (κ1) is 8.52. The lowest BCUT2D eigenvalue weighted by molar-refractivity contribution is 1.02. The lowest BCUT2D eigenvalue weighted by Crippen LogP contribution is -2.04. The van der Waals surface area contributed by atoms with Gasteiger partial charge in [0.25, 0.3) is 0 Å². The quantitative estimate of drug-likeness (QED) is 0.637. The van der Waals surface area contributed by atoms with E-state index in [9.17, 15) is 0 Å². The fourth-order valence-corrected chi connectivity index (χ4v) is 2.27. The molecule has 0 saturated carbocycles. The van der Waals surface area contributed by atoms with E-state index in [2.05, 4.69) is 62.2 Å². The van der Waals surface area contributed by atoms with E-state index in [1.54, 1.807) is 0 Å². The van der Waals surface area contributed by atoms with Gasteiger partial charge in [0.2, 0.25) is 0 Å². The first-order valence-electron chi connectivity index (χ1n) is 3.86. The van der Waals surface area contributed by atoms with Crippen LogP contribution in [0.4, 0.5) is 0 Å². The van der Waals surface area contributed by atoms with Crippen molar-refractivity contribution in [3.05, 3.63) is 39.9 Å². The van der Waals surface area contributed by atoms with Crippen LogP contribution in [0.3, 0.4) is 0 Å². The van der Waals surface area contributed by atoms with Crippen molar-refractivity contribution >= 4 is 37.9 Å². The second-order valence-corrected chi connectivity index (χ2v) is 5.01. The average Bonchev–Trinajstić information content (AvgIpc) is 2.05. The van der Waals surface area contributed by atoms with E-state index >= 15 is 0 Å². The third kappa shape index (κ3) is 1.64. The second-order valence-electron chi connectivity index (χ2n) is 2.92. The Morgan fingerprint density at radius 3 is 3.00 bits per heavy atom. The SMILES string of the molecule is Brc1ccc2c(c1)C=CC(Br)C2. The molecule has 0 amide bonds. The summed E-state index contributed by atoms with van der Waals surface area (Å²) in [5, 5.41) is 0. The molecular formula is C10H8Br2. The summed E-state index contributed by atoms with van der Waals surface area (Å²) in [7, 11) is 0. The maximum Gasteiger partial charge on any atom is 0.0369 e. The summed E-state index contributed by atoms with van der Waals surface area (Å²) < 4.78 is 1.15. The van der Waals surface area contributed by atoms with Gasteiger partial charge in [-0.1, -0.05) is 50.1 Å². The summed E-state index contributed by atoms with van der Waals surface area (Å²) in [6.07, 6.45) is 5.46. The molecule has 1 atom stereocenters. The molecule has 1 aliphatic rings. The summed E-state index contributed by atoms with van der Waals surface area (Å²) in [5.41, 5.74) is 2.75. The number of fused-ring (bicyclic) bond motifs is 1. The number of alkyl halides is 1. The molecule has 0 spiro atoms. The largest absolute Gasteiger partial charge is 0.0842 e. The Kier molecular flexibility index (Phi) is 2.37. The molecule has 0 nitrogen and oxygen atoms in total. The Balaban J connectivity index is 2.47. The molecule has 2 heteroatoms. The smallest absolute Gasteiger partial charge is 0.0369 e. The topological polar surface area (TPSA) is 0 Å². The van der Waals surface area contributed by atoms with E-state index in [0.29, 0.717) is 4.83 Å². The lowest BCUT2D eigenvalue weighted by Gasteiger charge is -2.14. The molecule has 0 aliphatic heterocycles. The highest BCUT2D eigenvalue weighted by Crippen LogP contribution is 2.25. The van der Waals surface area contributed by atoms with Crippen LogP contribution in [0, 0.1) is 0 Å². The maximum absolute atomic E-state index is 3.58. The highest BCUT2D eigenvalue weighted by Gasteiger charge is 2.10. The fraction of sp³-hybridized carbons (Fsp3) is 0.200. The molecule has 0 fully saturated rings. The van der Waals surface area contributed by atoms with Crippen LogP contribution in [-0.2, 0) is 6.42 Å². The summed E-state index contributed by atoms with van der Waals surface area (Å²) in [5.74, 6) is 0. The third-order valence-electron chi connectivity index (χ3n) is 2.01. The number of halogens is 2. The predicted octanol–water partition coefficient (Wildman–Crippen LogP) is 3.78. The van der Waals surface area contributed by atoms with Crippen molar-refractivity contribution in [2.75, 3.05) is 0 Å². The normalized spacial score (nSPS) is 20.7. The third-order valence-corrected chi connectivity index (χ3v) is 3.13. The van der Waals surface area contributed by atoms with E-state index in [1.165, 1.54) is 11.1 Å². The van der Waals surface area contributed by atoms with Crippen molar-refractivity contribution in [1.29, 1.82) is 0 Å². The minimum absolute atomic E-state index is 0.506. The molecule has 1 aliphatic carbocycles. The van der Waals surface area contributed by atoms with Crippen LogP contribution in [0.15, 0.2) is 28.7 Å². The van der Waals surface area contributed by atoms with Gasteiger partial charge in [-0.3, -0.25) is 0 Å². The van der Waals surface area contributed by atoms with Gasteiger partial charge in [-0.05, 0) is 29.7 Å². The van der Waals surface area contributed by atoms with Crippen molar-refractivity contribution in [3.8, 4) is 0 Å². The molecule has 12 heavy (non-hydrogen) atoms. The molecular weight excluding hydrogens is 280 g/mol. The summed E-state index contributed by atoms with van der Waals surface area (Å²) in [6, 6.07) is 6.43. The van der Waals surface area contributed by atoms with Crippen LogP contribution in [0.2, 0.25) is 0 Å². The summed E-state index contributed by atoms with van der Waals surface area (Å²) >= 11 is 7.04. The van der Waals surface area contributed by atoms with Gasteiger partial charge in [-0.15, -0.1) is 0 Å². The van der Waals surface area contributed by atoms with Gasteiger partial charge < -0.3 is 0 Å². The van der Waals surface area contributed by atoms with Crippen LogP contribution < -0.4 is 0 Å². The molecule has 0 N–H and O–H groups in total. The zero-order chi connectivity index (χ0) is 8.55. The molecule has 1 aromatic rings.